The molecular weight excluding hydrogens is 283 g/mol. The van der Waals surface area contributed by atoms with Gasteiger partial charge in [-0.05, 0) is 31.5 Å². The predicted molar refractivity (Wildman–Crippen MR) is 76.0 cm³/mol. The number of hydrogen-bond acceptors (Lipinski definition) is 4. The van der Waals surface area contributed by atoms with E-state index in [-0.39, 0.29) is 23.2 Å². The van der Waals surface area contributed by atoms with Crippen LogP contribution in [-0.4, -0.2) is 33.9 Å². The number of nitrogens with one attached hydrogen (secondary N) is 2. The molecule has 1 unspecified atom stereocenters. The highest BCUT2D eigenvalue weighted by Crippen LogP contribution is 2.26. The quantitative estimate of drug-likeness (QED) is 0.869. The van der Waals surface area contributed by atoms with Gasteiger partial charge < -0.3 is 10.1 Å². The van der Waals surface area contributed by atoms with Crippen molar-refractivity contribution in [2.45, 2.75) is 25.3 Å². The minimum absolute atomic E-state index is 0.00747. The fourth-order valence-corrected chi connectivity index (χ4v) is 3.69. The molecule has 1 atom stereocenters. The molecule has 20 heavy (non-hydrogen) atoms. The zero-order valence-corrected chi connectivity index (χ0v) is 12.2. The van der Waals surface area contributed by atoms with Gasteiger partial charge in [0.05, 0.1) is 18.6 Å². The second kappa shape index (κ2) is 6.41. The first-order valence-corrected chi connectivity index (χ1v) is 8.23. The van der Waals surface area contributed by atoms with Crippen molar-refractivity contribution in [1.82, 2.24) is 5.32 Å². The van der Waals surface area contributed by atoms with Gasteiger partial charge in [-0.2, -0.15) is 0 Å². The molecule has 0 aromatic heterocycles. The van der Waals surface area contributed by atoms with Crippen molar-refractivity contribution in [3.8, 4) is 5.75 Å². The van der Waals surface area contributed by atoms with E-state index in [1.807, 2.05) is 0 Å². The first kappa shape index (κ1) is 15.1. The van der Waals surface area contributed by atoms with Gasteiger partial charge in [-0.25, -0.2) is 12.8 Å². The summed E-state index contributed by atoms with van der Waals surface area (Å²) < 4.78 is 44.7. The Morgan fingerprint density at radius 1 is 1.45 bits per heavy atom. The molecule has 1 saturated heterocycles. The maximum absolute atomic E-state index is 13.1. The van der Waals surface area contributed by atoms with E-state index >= 15 is 0 Å². The molecule has 1 fully saturated rings. The number of methoxy groups -OCH3 is 1. The van der Waals surface area contributed by atoms with Crippen molar-refractivity contribution in [3.63, 3.8) is 0 Å². The number of rotatable bonds is 5. The molecule has 2 N–H and O–H groups in total. The summed E-state index contributed by atoms with van der Waals surface area (Å²) in [5.41, 5.74) is 0.254. The molecule has 1 aromatic carbocycles. The Balaban J connectivity index is 2.07. The van der Waals surface area contributed by atoms with Crippen LogP contribution in [0.4, 0.5) is 10.1 Å². The lowest BCUT2D eigenvalue weighted by atomic mass is 10.1. The summed E-state index contributed by atoms with van der Waals surface area (Å²) in [6.45, 7) is 0.847. The maximum Gasteiger partial charge on any atom is 0.234 e. The van der Waals surface area contributed by atoms with Crippen LogP contribution < -0.4 is 14.8 Å². The van der Waals surface area contributed by atoms with Crippen LogP contribution in [0.15, 0.2) is 18.2 Å². The van der Waals surface area contributed by atoms with Crippen molar-refractivity contribution in [2.75, 3.05) is 24.1 Å². The molecule has 1 aliphatic heterocycles. The van der Waals surface area contributed by atoms with Gasteiger partial charge in [-0.1, -0.05) is 6.42 Å². The molecule has 5 nitrogen and oxygen atoms in total. The Hall–Kier alpha value is -1.34. The van der Waals surface area contributed by atoms with Gasteiger partial charge in [0, 0.05) is 12.1 Å². The van der Waals surface area contributed by atoms with Gasteiger partial charge in [0.1, 0.15) is 11.6 Å². The molecule has 0 spiro atoms. The number of anilines is 1. The number of ether oxygens (including phenoxy) is 1. The third kappa shape index (κ3) is 4.08. The third-order valence-corrected chi connectivity index (χ3v) is 4.63. The number of benzene rings is 1. The molecule has 1 aromatic rings. The van der Waals surface area contributed by atoms with Crippen molar-refractivity contribution in [2.24, 2.45) is 0 Å². The van der Waals surface area contributed by atoms with E-state index in [0.29, 0.717) is 0 Å². The van der Waals surface area contributed by atoms with E-state index in [1.54, 1.807) is 0 Å². The molecule has 1 aliphatic rings. The summed E-state index contributed by atoms with van der Waals surface area (Å²) in [6, 6.07) is 3.67. The summed E-state index contributed by atoms with van der Waals surface area (Å²) in [5.74, 6) is -0.294. The van der Waals surface area contributed by atoms with Gasteiger partial charge in [0.25, 0.3) is 0 Å². The summed E-state index contributed by atoms with van der Waals surface area (Å²) in [5, 5.41) is 3.19. The van der Waals surface area contributed by atoms with Crippen LogP contribution in [0.25, 0.3) is 0 Å². The number of sulfonamides is 1. The highest BCUT2D eigenvalue weighted by atomic mass is 32.2. The Bertz CT molecular complexity index is 557. The predicted octanol–water partition coefficient (Wildman–Crippen LogP) is 1.72. The van der Waals surface area contributed by atoms with Crippen molar-refractivity contribution in [3.05, 3.63) is 24.0 Å². The van der Waals surface area contributed by atoms with Gasteiger partial charge in [0.15, 0.2) is 0 Å². The maximum atomic E-state index is 13.1. The summed E-state index contributed by atoms with van der Waals surface area (Å²) in [4.78, 5) is 0. The Labute approximate surface area is 118 Å². The molecule has 112 valence electrons. The Morgan fingerprint density at radius 3 is 2.90 bits per heavy atom. The number of piperidine rings is 1. The molecular formula is C13H19FN2O3S. The zero-order valence-electron chi connectivity index (χ0n) is 11.4. The molecule has 0 radical (unpaired) electrons. The molecule has 0 bridgehead atoms. The SMILES string of the molecule is COc1cc(F)ccc1NS(=O)(=O)CC1CCCCN1. The van der Waals surface area contributed by atoms with E-state index in [9.17, 15) is 12.8 Å². The van der Waals surface area contributed by atoms with Crippen LogP contribution in [0.2, 0.25) is 0 Å². The smallest absolute Gasteiger partial charge is 0.234 e. The average Bonchev–Trinajstić information content (AvgIpc) is 2.41. The third-order valence-electron chi connectivity index (χ3n) is 3.26. The van der Waals surface area contributed by atoms with Gasteiger partial charge in [-0.15, -0.1) is 0 Å². The van der Waals surface area contributed by atoms with Gasteiger partial charge >= 0.3 is 0 Å². The van der Waals surface area contributed by atoms with Crippen molar-refractivity contribution in [1.29, 1.82) is 0 Å². The van der Waals surface area contributed by atoms with Crippen LogP contribution in [0.3, 0.4) is 0 Å². The number of halogens is 1. The minimum atomic E-state index is -3.49. The Kier molecular flexibility index (Phi) is 4.82. The topological polar surface area (TPSA) is 67.4 Å². The number of hydrogen-bond donors (Lipinski definition) is 2. The zero-order chi connectivity index (χ0) is 14.6. The highest BCUT2D eigenvalue weighted by molar-refractivity contribution is 7.92. The lowest BCUT2D eigenvalue weighted by Gasteiger charge is -2.23. The van der Waals surface area contributed by atoms with E-state index in [0.717, 1.165) is 31.9 Å². The van der Waals surface area contributed by atoms with Crippen molar-refractivity contribution < 1.29 is 17.5 Å². The van der Waals surface area contributed by atoms with Gasteiger partial charge in [-0.3, -0.25) is 4.72 Å². The molecule has 0 saturated carbocycles. The molecule has 0 amide bonds. The highest BCUT2D eigenvalue weighted by Gasteiger charge is 2.22. The monoisotopic (exact) mass is 302 g/mol. The normalized spacial score (nSPS) is 19.6. The molecule has 2 rings (SSSR count). The van der Waals surface area contributed by atoms with Crippen LogP contribution >= 0.6 is 0 Å². The van der Waals surface area contributed by atoms with Crippen LogP contribution in [-0.2, 0) is 10.0 Å². The fourth-order valence-electron chi connectivity index (χ4n) is 2.29. The van der Waals surface area contributed by atoms with Crippen LogP contribution in [0, 0.1) is 5.82 Å². The van der Waals surface area contributed by atoms with E-state index in [4.69, 9.17) is 4.74 Å². The fraction of sp³-hybridized carbons (Fsp3) is 0.538. The molecule has 1 heterocycles. The second-order valence-corrected chi connectivity index (χ2v) is 6.64. The van der Waals surface area contributed by atoms with Crippen molar-refractivity contribution >= 4 is 15.7 Å². The minimum Gasteiger partial charge on any atom is -0.494 e. The molecule has 0 aliphatic carbocycles. The standard InChI is InChI=1S/C13H19FN2O3S/c1-19-13-8-10(14)5-6-12(13)16-20(17,18)9-11-4-2-3-7-15-11/h5-6,8,11,15-16H,2-4,7,9H2,1H3. The van der Waals surface area contributed by atoms with E-state index in [2.05, 4.69) is 10.0 Å². The van der Waals surface area contributed by atoms with Crippen LogP contribution in [0.5, 0.6) is 5.75 Å². The van der Waals surface area contributed by atoms with Gasteiger partial charge in [0.2, 0.25) is 10.0 Å². The van der Waals surface area contributed by atoms with Crippen LogP contribution in [0.1, 0.15) is 19.3 Å². The largest absolute Gasteiger partial charge is 0.494 e. The van der Waals surface area contributed by atoms with E-state index < -0.39 is 15.8 Å². The molecule has 7 heteroatoms. The van der Waals surface area contributed by atoms with E-state index in [1.165, 1.54) is 19.2 Å². The lowest BCUT2D eigenvalue weighted by Crippen LogP contribution is -2.40. The Morgan fingerprint density at radius 2 is 2.25 bits per heavy atom. The first-order chi connectivity index (χ1) is 9.50. The summed E-state index contributed by atoms with van der Waals surface area (Å²) in [6.07, 6.45) is 2.96. The summed E-state index contributed by atoms with van der Waals surface area (Å²) in [7, 11) is -2.12. The summed E-state index contributed by atoms with van der Waals surface area (Å²) >= 11 is 0. The lowest BCUT2D eigenvalue weighted by molar-refractivity contribution is 0.413. The average molecular weight is 302 g/mol. The first-order valence-electron chi connectivity index (χ1n) is 6.57. The second-order valence-electron chi connectivity index (χ2n) is 4.87.